The van der Waals surface area contributed by atoms with Crippen LogP contribution in [0, 0.1) is 0 Å². The third kappa shape index (κ3) is 3.35. The van der Waals surface area contributed by atoms with Gasteiger partial charge in [-0.1, -0.05) is 24.8 Å². The Hall–Kier alpha value is -0.600. The summed E-state index contributed by atoms with van der Waals surface area (Å²) in [4.78, 5) is 0. The molecule has 1 fully saturated rings. The summed E-state index contributed by atoms with van der Waals surface area (Å²) in [5, 5.41) is 0. The van der Waals surface area contributed by atoms with E-state index in [-0.39, 0.29) is 6.29 Å². The van der Waals surface area contributed by atoms with E-state index in [1.807, 2.05) is 12.2 Å². The molecule has 0 aromatic carbocycles. The van der Waals surface area contributed by atoms with Gasteiger partial charge in [-0.05, 0) is 6.42 Å². The third-order valence-electron chi connectivity index (χ3n) is 1.50. The summed E-state index contributed by atoms with van der Waals surface area (Å²) >= 11 is 0. The van der Waals surface area contributed by atoms with Gasteiger partial charge in [-0.15, -0.1) is 0 Å². The lowest BCUT2D eigenvalue weighted by molar-refractivity contribution is -0.175. The molecule has 1 saturated heterocycles. The molecule has 1 aliphatic heterocycles. The van der Waals surface area contributed by atoms with Crippen LogP contribution in [0.25, 0.3) is 0 Å². The number of hydrogen-bond donors (Lipinski definition) is 0. The molecule has 1 heterocycles. The fourth-order valence-electron chi connectivity index (χ4n) is 0.959. The van der Waals surface area contributed by atoms with Crippen molar-refractivity contribution in [2.45, 2.75) is 19.1 Å². The lowest BCUT2D eigenvalue weighted by Gasteiger charge is -2.21. The molecule has 0 aromatic rings. The van der Waals surface area contributed by atoms with Crippen molar-refractivity contribution in [3.63, 3.8) is 0 Å². The Morgan fingerprint density at radius 2 is 2.09 bits per heavy atom. The summed E-state index contributed by atoms with van der Waals surface area (Å²) in [6.07, 6.45) is 7.47. The van der Waals surface area contributed by atoms with E-state index in [0.29, 0.717) is 0 Å². The van der Waals surface area contributed by atoms with Gasteiger partial charge in [-0.25, -0.2) is 0 Å². The number of allylic oxidation sites excluding steroid dienone is 2. The molecule has 0 amide bonds. The molecular weight excluding hydrogens is 140 g/mol. The minimum atomic E-state index is -0.0278. The molecule has 0 spiro atoms. The Labute approximate surface area is 67.5 Å². The van der Waals surface area contributed by atoms with E-state index >= 15 is 0 Å². The lowest BCUT2D eigenvalue weighted by atomic mass is 10.3. The zero-order chi connectivity index (χ0) is 7.94. The Morgan fingerprint density at radius 3 is 2.73 bits per heavy atom. The predicted molar refractivity (Wildman–Crippen MR) is 44.3 cm³/mol. The van der Waals surface area contributed by atoms with Crippen molar-refractivity contribution in [3.05, 3.63) is 24.8 Å². The van der Waals surface area contributed by atoms with Crippen LogP contribution >= 0.6 is 0 Å². The molecule has 62 valence electrons. The van der Waals surface area contributed by atoms with Crippen LogP contribution in [0.3, 0.4) is 0 Å². The van der Waals surface area contributed by atoms with E-state index in [4.69, 9.17) is 9.47 Å². The predicted octanol–water partition coefficient (Wildman–Crippen LogP) is 1.88. The molecule has 0 radical (unpaired) electrons. The van der Waals surface area contributed by atoms with Crippen molar-refractivity contribution >= 4 is 0 Å². The average Bonchev–Trinajstić information content (AvgIpc) is 2.07. The molecule has 1 aliphatic rings. The highest BCUT2D eigenvalue weighted by Gasteiger charge is 2.11. The average molecular weight is 154 g/mol. The van der Waals surface area contributed by atoms with Crippen LogP contribution in [-0.4, -0.2) is 19.5 Å². The fraction of sp³-hybridized carbons (Fsp3) is 0.556. The maximum absolute atomic E-state index is 5.32. The SMILES string of the molecule is C=C/C=C/CC1OCCCO1. The summed E-state index contributed by atoms with van der Waals surface area (Å²) < 4.78 is 10.6. The maximum Gasteiger partial charge on any atom is 0.160 e. The minimum Gasteiger partial charge on any atom is -0.352 e. The van der Waals surface area contributed by atoms with Crippen LogP contribution < -0.4 is 0 Å². The third-order valence-corrected chi connectivity index (χ3v) is 1.50. The van der Waals surface area contributed by atoms with Crippen LogP contribution in [0.5, 0.6) is 0 Å². The molecule has 2 heteroatoms. The first-order valence-electron chi connectivity index (χ1n) is 3.94. The van der Waals surface area contributed by atoms with E-state index in [9.17, 15) is 0 Å². The lowest BCUT2D eigenvalue weighted by Crippen LogP contribution is -2.23. The molecular formula is C9H14O2. The second-order valence-corrected chi connectivity index (χ2v) is 2.42. The zero-order valence-electron chi connectivity index (χ0n) is 6.66. The molecule has 0 saturated carbocycles. The Balaban J connectivity index is 2.14. The van der Waals surface area contributed by atoms with Crippen LogP contribution in [-0.2, 0) is 9.47 Å². The van der Waals surface area contributed by atoms with Gasteiger partial charge in [0.1, 0.15) is 0 Å². The first-order valence-corrected chi connectivity index (χ1v) is 3.94. The zero-order valence-corrected chi connectivity index (χ0v) is 6.66. The number of hydrogen-bond acceptors (Lipinski definition) is 2. The van der Waals surface area contributed by atoms with E-state index in [1.54, 1.807) is 6.08 Å². The first-order chi connectivity index (χ1) is 5.43. The summed E-state index contributed by atoms with van der Waals surface area (Å²) in [6.45, 7) is 5.23. The molecule has 11 heavy (non-hydrogen) atoms. The van der Waals surface area contributed by atoms with Gasteiger partial charge < -0.3 is 9.47 Å². The molecule has 0 unspecified atom stereocenters. The van der Waals surface area contributed by atoms with Crippen molar-refractivity contribution in [1.29, 1.82) is 0 Å². The van der Waals surface area contributed by atoms with Gasteiger partial charge >= 0.3 is 0 Å². The van der Waals surface area contributed by atoms with Crippen molar-refractivity contribution in [2.24, 2.45) is 0 Å². The standard InChI is InChI=1S/C9H14O2/c1-2-3-4-6-9-10-7-5-8-11-9/h2-4,9H,1,5-8H2/b4-3+. The highest BCUT2D eigenvalue weighted by atomic mass is 16.7. The Bertz CT molecular complexity index is 134. The van der Waals surface area contributed by atoms with E-state index in [0.717, 1.165) is 26.1 Å². The second-order valence-electron chi connectivity index (χ2n) is 2.42. The topological polar surface area (TPSA) is 18.5 Å². The smallest absolute Gasteiger partial charge is 0.160 e. The van der Waals surface area contributed by atoms with Crippen molar-refractivity contribution in [3.8, 4) is 0 Å². The largest absolute Gasteiger partial charge is 0.352 e. The monoisotopic (exact) mass is 154 g/mol. The summed E-state index contributed by atoms with van der Waals surface area (Å²) in [5.41, 5.74) is 0. The van der Waals surface area contributed by atoms with Gasteiger partial charge in [-0.3, -0.25) is 0 Å². The van der Waals surface area contributed by atoms with E-state index in [2.05, 4.69) is 6.58 Å². The van der Waals surface area contributed by atoms with Crippen molar-refractivity contribution in [2.75, 3.05) is 13.2 Å². The van der Waals surface area contributed by atoms with Crippen LogP contribution in [0.2, 0.25) is 0 Å². The molecule has 2 nitrogen and oxygen atoms in total. The van der Waals surface area contributed by atoms with E-state index in [1.165, 1.54) is 0 Å². The highest BCUT2D eigenvalue weighted by molar-refractivity contribution is 4.97. The molecule has 0 N–H and O–H groups in total. The second kappa shape index (κ2) is 5.10. The highest BCUT2D eigenvalue weighted by Crippen LogP contribution is 2.08. The van der Waals surface area contributed by atoms with Crippen molar-refractivity contribution in [1.82, 2.24) is 0 Å². The normalized spacial score (nSPS) is 20.7. The van der Waals surface area contributed by atoms with Crippen LogP contribution in [0.1, 0.15) is 12.8 Å². The minimum absolute atomic E-state index is 0.0278. The Morgan fingerprint density at radius 1 is 1.36 bits per heavy atom. The van der Waals surface area contributed by atoms with Crippen LogP contribution in [0.15, 0.2) is 24.8 Å². The van der Waals surface area contributed by atoms with E-state index < -0.39 is 0 Å². The maximum atomic E-state index is 5.32. The summed E-state index contributed by atoms with van der Waals surface area (Å²) in [5.74, 6) is 0. The molecule has 0 aromatic heterocycles. The molecule has 0 aliphatic carbocycles. The molecule has 1 rings (SSSR count). The fourth-order valence-corrected chi connectivity index (χ4v) is 0.959. The molecule has 0 atom stereocenters. The summed E-state index contributed by atoms with van der Waals surface area (Å²) in [7, 11) is 0. The van der Waals surface area contributed by atoms with Gasteiger partial charge in [-0.2, -0.15) is 0 Å². The molecule has 0 bridgehead atoms. The first kappa shape index (κ1) is 8.50. The van der Waals surface area contributed by atoms with Gasteiger partial charge in [0.05, 0.1) is 13.2 Å². The number of ether oxygens (including phenoxy) is 2. The Kier molecular flexibility index (Phi) is 3.94. The van der Waals surface area contributed by atoms with Crippen molar-refractivity contribution < 1.29 is 9.47 Å². The van der Waals surface area contributed by atoms with Gasteiger partial charge in [0.2, 0.25) is 0 Å². The summed E-state index contributed by atoms with van der Waals surface area (Å²) in [6, 6.07) is 0. The number of rotatable bonds is 3. The van der Waals surface area contributed by atoms with Crippen LogP contribution in [0.4, 0.5) is 0 Å². The van der Waals surface area contributed by atoms with Gasteiger partial charge in [0.25, 0.3) is 0 Å². The van der Waals surface area contributed by atoms with Gasteiger partial charge in [0.15, 0.2) is 6.29 Å². The quantitative estimate of drug-likeness (QED) is 0.578. The van der Waals surface area contributed by atoms with Gasteiger partial charge in [0, 0.05) is 6.42 Å².